The van der Waals surface area contributed by atoms with Crippen molar-refractivity contribution in [3.05, 3.63) is 23.9 Å². The quantitative estimate of drug-likeness (QED) is 0.601. The second-order valence-electron chi connectivity index (χ2n) is 7.95. The van der Waals surface area contributed by atoms with Crippen LogP contribution in [0.1, 0.15) is 26.3 Å². The Kier molecular flexibility index (Phi) is 7.85. The number of rotatable bonds is 5. The van der Waals surface area contributed by atoms with E-state index in [4.69, 9.17) is 4.98 Å². The second-order valence-corrected chi connectivity index (χ2v) is 9.29. The lowest BCUT2D eigenvalue weighted by Gasteiger charge is -2.36. The maximum atomic E-state index is 4.72. The number of aromatic nitrogens is 1. The Bertz CT molecular complexity index is 624. The number of likely N-dealkylation sites (N-methyl/N-ethyl adjacent to an activating group) is 1. The summed E-state index contributed by atoms with van der Waals surface area (Å²) in [7, 11) is 1.88. The molecule has 1 unspecified atom stereocenters. The van der Waals surface area contributed by atoms with Gasteiger partial charge in [-0.15, -0.1) is 0 Å². The number of guanidine groups is 1. The predicted molar refractivity (Wildman–Crippen MR) is 121 cm³/mol. The van der Waals surface area contributed by atoms with E-state index in [1.807, 2.05) is 13.2 Å². The average Bonchev–Trinajstić information content (AvgIpc) is 2.75. The van der Waals surface area contributed by atoms with Crippen molar-refractivity contribution in [1.82, 2.24) is 20.1 Å². The molecule has 1 atom stereocenters. The first-order valence-electron chi connectivity index (χ1n) is 10.6. The Labute approximate surface area is 174 Å². The van der Waals surface area contributed by atoms with E-state index >= 15 is 0 Å². The first-order chi connectivity index (χ1) is 13.6. The van der Waals surface area contributed by atoms with E-state index in [0.717, 1.165) is 64.1 Å². The normalized spacial score (nSPS) is 22.0. The van der Waals surface area contributed by atoms with Crippen LogP contribution >= 0.6 is 11.8 Å². The van der Waals surface area contributed by atoms with Gasteiger partial charge in [0.25, 0.3) is 0 Å². The summed E-state index contributed by atoms with van der Waals surface area (Å²) < 4.78 is 0. The van der Waals surface area contributed by atoms with Gasteiger partial charge in [0.05, 0.1) is 0 Å². The van der Waals surface area contributed by atoms with Gasteiger partial charge in [-0.2, -0.15) is 11.8 Å². The molecule has 6 nitrogen and oxygen atoms in total. The van der Waals surface area contributed by atoms with Gasteiger partial charge >= 0.3 is 0 Å². The monoisotopic (exact) mass is 404 g/mol. The zero-order chi connectivity index (χ0) is 19.9. The SMILES string of the molecule is CCN1CCN(c2ccc(CNC(=NC)N3CCSC(C(C)C)C3)cn2)CC1. The van der Waals surface area contributed by atoms with Crippen LogP contribution in [0.4, 0.5) is 5.82 Å². The fraction of sp³-hybridized carbons (Fsp3) is 0.714. The van der Waals surface area contributed by atoms with E-state index in [2.05, 4.69) is 69.7 Å². The highest BCUT2D eigenvalue weighted by atomic mass is 32.2. The Balaban J connectivity index is 1.51. The van der Waals surface area contributed by atoms with Crippen LogP contribution in [-0.2, 0) is 6.54 Å². The summed E-state index contributed by atoms with van der Waals surface area (Å²) in [4.78, 5) is 16.5. The van der Waals surface area contributed by atoms with Crippen molar-refractivity contribution in [3.63, 3.8) is 0 Å². The van der Waals surface area contributed by atoms with Crippen molar-refractivity contribution >= 4 is 23.5 Å². The minimum absolute atomic E-state index is 0.682. The Hall–Kier alpha value is -1.47. The van der Waals surface area contributed by atoms with Gasteiger partial charge in [-0.25, -0.2) is 4.98 Å². The third-order valence-corrected chi connectivity index (χ3v) is 7.29. The fourth-order valence-electron chi connectivity index (χ4n) is 3.79. The summed E-state index contributed by atoms with van der Waals surface area (Å²) in [5.41, 5.74) is 1.20. The molecule has 2 aliphatic rings. The maximum Gasteiger partial charge on any atom is 0.193 e. The van der Waals surface area contributed by atoms with Crippen molar-refractivity contribution in [2.24, 2.45) is 10.9 Å². The maximum absolute atomic E-state index is 4.72. The van der Waals surface area contributed by atoms with Gasteiger partial charge in [-0.3, -0.25) is 4.99 Å². The number of nitrogens with zero attached hydrogens (tertiary/aromatic N) is 5. The molecule has 3 rings (SSSR count). The first-order valence-corrected chi connectivity index (χ1v) is 11.6. The lowest BCUT2D eigenvalue weighted by Crippen LogP contribution is -2.48. The highest BCUT2D eigenvalue weighted by Gasteiger charge is 2.24. The molecule has 0 bridgehead atoms. The Morgan fingerprint density at radius 3 is 2.64 bits per heavy atom. The molecule has 2 fully saturated rings. The molecule has 2 aliphatic heterocycles. The van der Waals surface area contributed by atoms with Gasteiger partial charge < -0.3 is 20.0 Å². The first kappa shape index (κ1) is 21.2. The van der Waals surface area contributed by atoms with Crippen LogP contribution in [0.25, 0.3) is 0 Å². The van der Waals surface area contributed by atoms with Crippen molar-refractivity contribution in [1.29, 1.82) is 0 Å². The van der Waals surface area contributed by atoms with Gasteiger partial charge in [-0.1, -0.05) is 26.8 Å². The highest BCUT2D eigenvalue weighted by Crippen LogP contribution is 2.25. The van der Waals surface area contributed by atoms with Crippen molar-refractivity contribution in [2.75, 3.05) is 63.5 Å². The molecule has 0 aromatic carbocycles. The number of aliphatic imine (C=N–C) groups is 1. The third-order valence-electron chi connectivity index (χ3n) is 5.75. The second kappa shape index (κ2) is 10.3. The highest BCUT2D eigenvalue weighted by molar-refractivity contribution is 8.00. The number of piperazine rings is 1. The van der Waals surface area contributed by atoms with Gasteiger partial charge in [0.1, 0.15) is 5.82 Å². The number of anilines is 1. The van der Waals surface area contributed by atoms with Gasteiger partial charge in [0.15, 0.2) is 5.96 Å². The van der Waals surface area contributed by atoms with Crippen LogP contribution in [0.15, 0.2) is 23.3 Å². The summed E-state index contributed by atoms with van der Waals surface area (Å²) >= 11 is 2.09. The van der Waals surface area contributed by atoms with E-state index in [9.17, 15) is 0 Å². The molecule has 0 spiro atoms. The van der Waals surface area contributed by atoms with Crippen LogP contribution in [0.2, 0.25) is 0 Å². The largest absolute Gasteiger partial charge is 0.354 e. The van der Waals surface area contributed by atoms with E-state index < -0.39 is 0 Å². The molecule has 156 valence electrons. The Morgan fingerprint density at radius 2 is 2.04 bits per heavy atom. The molecule has 0 radical (unpaired) electrons. The number of pyridine rings is 1. The van der Waals surface area contributed by atoms with E-state index in [1.165, 1.54) is 11.3 Å². The summed E-state index contributed by atoms with van der Waals surface area (Å²) in [6.45, 7) is 15.3. The molecule has 0 aliphatic carbocycles. The van der Waals surface area contributed by atoms with E-state index in [-0.39, 0.29) is 0 Å². The Morgan fingerprint density at radius 1 is 1.25 bits per heavy atom. The van der Waals surface area contributed by atoms with Gasteiger partial charge in [0, 0.05) is 70.1 Å². The summed E-state index contributed by atoms with van der Waals surface area (Å²) in [6.07, 6.45) is 2.00. The van der Waals surface area contributed by atoms with Crippen molar-refractivity contribution < 1.29 is 0 Å². The van der Waals surface area contributed by atoms with Crippen LogP contribution in [-0.4, -0.2) is 84.6 Å². The van der Waals surface area contributed by atoms with Crippen molar-refractivity contribution in [2.45, 2.75) is 32.6 Å². The molecule has 3 heterocycles. The molecule has 1 aromatic heterocycles. The van der Waals surface area contributed by atoms with Crippen molar-refractivity contribution in [3.8, 4) is 0 Å². The fourth-order valence-corrected chi connectivity index (χ4v) is 5.08. The van der Waals surface area contributed by atoms with Crippen LogP contribution in [0.5, 0.6) is 0 Å². The minimum Gasteiger partial charge on any atom is -0.354 e. The lowest BCUT2D eigenvalue weighted by atomic mass is 10.1. The summed E-state index contributed by atoms with van der Waals surface area (Å²) in [5, 5.41) is 4.22. The van der Waals surface area contributed by atoms with Crippen LogP contribution < -0.4 is 10.2 Å². The average molecular weight is 405 g/mol. The standard InChI is InChI=1S/C21H36N6S/c1-5-25-8-10-26(11-9-25)20-7-6-18(14-23-20)15-24-21(22-4)27-12-13-28-19(16-27)17(2)3/h6-7,14,17,19H,5,8-13,15-16H2,1-4H3,(H,22,24). The molecule has 28 heavy (non-hydrogen) atoms. The summed E-state index contributed by atoms with van der Waals surface area (Å²) in [5.74, 6) is 3.97. The lowest BCUT2D eigenvalue weighted by molar-refractivity contribution is 0.270. The molecule has 2 saturated heterocycles. The van der Waals surface area contributed by atoms with Crippen LogP contribution in [0.3, 0.4) is 0 Å². The van der Waals surface area contributed by atoms with Crippen LogP contribution in [0, 0.1) is 5.92 Å². The molecule has 1 aromatic rings. The minimum atomic E-state index is 0.682. The molecule has 7 heteroatoms. The van der Waals surface area contributed by atoms with Gasteiger partial charge in [-0.05, 0) is 24.1 Å². The molecular weight excluding hydrogens is 368 g/mol. The predicted octanol–water partition coefficient (Wildman–Crippen LogP) is 2.37. The molecular formula is C21H36N6S. The smallest absolute Gasteiger partial charge is 0.193 e. The third kappa shape index (κ3) is 5.54. The topological polar surface area (TPSA) is 47.0 Å². The molecule has 0 amide bonds. The molecule has 0 saturated carbocycles. The van der Waals surface area contributed by atoms with E-state index in [0.29, 0.717) is 11.2 Å². The zero-order valence-corrected chi connectivity index (χ0v) is 18.7. The number of nitrogens with one attached hydrogen (secondary N) is 1. The van der Waals surface area contributed by atoms with E-state index in [1.54, 1.807) is 0 Å². The summed E-state index contributed by atoms with van der Waals surface area (Å²) in [6, 6.07) is 4.35. The number of hydrogen-bond donors (Lipinski definition) is 1. The number of hydrogen-bond acceptors (Lipinski definition) is 5. The number of thioether (sulfide) groups is 1. The van der Waals surface area contributed by atoms with Gasteiger partial charge in [0.2, 0.25) is 0 Å². The molecule has 1 N–H and O–H groups in total. The zero-order valence-electron chi connectivity index (χ0n) is 17.9.